The van der Waals surface area contributed by atoms with E-state index in [0.29, 0.717) is 6.10 Å². The molecule has 2 rings (SSSR count). The van der Waals surface area contributed by atoms with Crippen LogP contribution in [0.25, 0.3) is 0 Å². The summed E-state index contributed by atoms with van der Waals surface area (Å²) < 4.78 is 11.2. The van der Waals surface area contributed by atoms with Crippen molar-refractivity contribution in [2.24, 2.45) is 0 Å². The molecule has 1 N–H and O–H groups in total. The molecule has 0 bridgehead atoms. The Kier molecular flexibility index (Phi) is 6.64. The van der Waals surface area contributed by atoms with Gasteiger partial charge in [-0.25, -0.2) is 0 Å². The van der Waals surface area contributed by atoms with Crippen molar-refractivity contribution < 1.29 is 9.47 Å². The van der Waals surface area contributed by atoms with Crippen molar-refractivity contribution in [3.8, 4) is 5.75 Å². The first-order valence-electron chi connectivity index (χ1n) is 7.44. The Morgan fingerprint density at radius 1 is 1.25 bits per heavy atom. The molecule has 0 unspecified atom stereocenters. The zero-order valence-electron chi connectivity index (χ0n) is 12.2. The van der Waals surface area contributed by atoms with Gasteiger partial charge in [-0.1, -0.05) is 30.9 Å². The molecule has 0 amide bonds. The van der Waals surface area contributed by atoms with Crippen LogP contribution in [0.5, 0.6) is 5.75 Å². The lowest BCUT2D eigenvalue weighted by Gasteiger charge is -2.22. The number of hydrogen-bond donors (Lipinski definition) is 1. The van der Waals surface area contributed by atoms with E-state index in [-0.39, 0.29) is 0 Å². The van der Waals surface area contributed by atoms with Crippen molar-refractivity contribution in [3.05, 3.63) is 28.8 Å². The topological polar surface area (TPSA) is 30.5 Å². The van der Waals surface area contributed by atoms with E-state index >= 15 is 0 Å². The average Bonchev–Trinajstić information content (AvgIpc) is 2.48. The van der Waals surface area contributed by atoms with Crippen LogP contribution in [0.4, 0.5) is 0 Å². The lowest BCUT2D eigenvalue weighted by Crippen LogP contribution is -2.24. The van der Waals surface area contributed by atoms with Gasteiger partial charge in [-0.3, -0.25) is 0 Å². The van der Waals surface area contributed by atoms with Crippen LogP contribution in [0, 0.1) is 0 Å². The third-order valence-electron chi connectivity index (χ3n) is 3.74. The molecule has 1 aromatic rings. The van der Waals surface area contributed by atoms with Gasteiger partial charge in [-0.15, -0.1) is 0 Å². The summed E-state index contributed by atoms with van der Waals surface area (Å²) in [5.74, 6) is 0.870. The number of ether oxygens (including phenoxy) is 2. The zero-order chi connectivity index (χ0) is 14.2. The summed E-state index contributed by atoms with van der Waals surface area (Å²) in [5.41, 5.74) is 1.08. The van der Waals surface area contributed by atoms with Gasteiger partial charge >= 0.3 is 0 Å². The van der Waals surface area contributed by atoms with Crippen LogP contribution in [0.1, 0.15) is 37.7 Å². The van der Waals surface area contributed by atoms with Gasteiger partial charge < -0.3 is 14.8 Å². The van der Waals surface area contributed by atoms with Crippen molar-refractivity contribution in [1.29, 1.82) is 0 Å². The van der Waals surface area contributed by atoms with E-state index in [1.165, 1.54) is 32.1 Å². The Hall–Kier alpha value is -0.770. The summed E-state index contributed by atoms with van der Waals surface area (Å²) in [7, 11) is 1.68. The molecule has 0 heterocycles. The summed E-state index contributed by atoms with van der Waals surface area (Å²) in [4.78, 5) is 0. The molecule has 0 aromatic heterocycles. The minimum Gasteiger partial charge on any atom is -0.496 e. The fourth-order valence-corrected chi connectivity index (χ4v) is 2.83. The number of hydrogen-bond acceptors (Lipinski definition) is 3. The monoisotopic (exact) mass is 297 g/mol. The van der Waals surface area contributed by atoms with Crippen LogP contribution in [0.3, 0.4) is 0 Å². The highest BCUT2D eigenvalue weighted by molar-refractivity contribution is 6.30. The Morgan fingerprint density at radius 3 is 2.80 bits per heavy atom. The molecule has 0 spiro atoms. The average molecular weight is 298 g/mol. The molecule has 1 aliphatic rings. The Balaban J connectivity index is 1.66. The van der Waals surface area contributed by atoms with E-state index < -0.39 is 0 Å². The number of rotatable bonds is 7. The fourth-order valence-electron chi connectivity index (χ4n) is 2.64. The standard InChI is InChI=1S/C16H24ClNO2/c1-19-16-8-7-14(17)11-13(16)12-18-9-10-20-15-5-3-2-4-6-15/h7-8,11,15,18H,2-6,9-10,12H2,1H3. The van der Waals surface area contributed by atoms with E-state index in [0.717, 1.165) is 36.0 Å². The number of methoxy groups -OCH3 is 1. The van der Waals surface area contributed by atoms with E-state index in [9.17, 15) is 0 Å². The van der Waals surface area contributed by atoms with E-state index in [1.54, 1.807) is 7.11 Å². The van der Waals surface area contributed by atoms with Crippen molar-refractivity contribution in [1.82, 2.24) is 5.32 Å². The maximum atomic E-state index is 6.01. The van der Waals surface area contributed by atoms with Gasteiger partial charge in [0.25, 0.3) is 0 Å². The van der Waals surface area contributed by atoms with Crippen LogP contribution < -0.4 is 10.1 Å². The predicted molar refractivity (Wildman–Crippen MR) is 82.5 cm³/mol. The third-order valence-corrected chi connectivity index (χ3v) is 3.98. The second-order valence-corrected chi connectivity index (χ2v) is 5.70. The lowest BCUT2D eigenvalue weighted by atomic mass is 9.98. The van der Waals surface area contributed by atoms with E-state index in [1.807, 2.05) is 18.2 Å². The van der Waals surface area contributed by atoms with Crippen molar-refractivity contribution in [2.45, 2.75) is 44.8 Å². The van der Waals surface area contributed by atoms with Crippen molar-refractivity contribution in [3.63, 3.8) is 0 Å². The van der Waals surface area contributed by atoms with Gasteiger partial charge in [0, 0.05) is 23.7 Å². The lowest BCUT2D eigenvalue weighted by molar-refractivity contribution is 0.0302. The van der Waals surface area contributed by atoms with E-state index in [2.05, 4.69) is 5.32 Å². The van der Waals surface area contributed by atoms with Gasteiger partial charge in [0.15, 0.2) is 0 Å². The number of benzene rings is 1. The quantitative estimate of drug-likeness (QED) is 0.777. The van der Waals surface area contributed by atoms with Crippen LogP contribution in [0.15, 0.2) is 18.2 Å². The molecule has 0 radical (unpaired) electrons. The molecule has 0 atom stereocenters. The van der Waals surface area contributed by atoms with Crippen molar-refractivity contribution in [2.75, 3.05) is 20.3 Å². The molecule has 112 valence electrons. The summed E-state index contributed by atoms with van der Waals surface area (Å²) in [5, 5.41) is 4.12. The second-order valence-electron chi connectivity index (χ2n) is 5.26. The Morgan fingerprint density at radius 2 is 2.05 bits per heavy atom. The summed E-state index contributed by atoms with van der Waals surface area (Å²) >= 11 is 6.01. The molecular weight excluding hydrogens is 274 g/mol. The van der Waals surface area contributed by atoms with Crippen LogP contribution in [-0.4, -0.2) is 26.4 Å². The number of halogens is 1. The summed E-state index contributed by atoms with van der Waals surface area (Å²) in [6, 6.07) is 5.68. The highest BCUT2D eigenvalue weighted by atomic mass is 35.5. The largest absolute Gasteiger partial charge is 0.496 e. The molecule has 0 aliphatic heterocycles. The number of nitrogens with one attached hydrogen (secondary N) is 1. The maximum Gasteiger partial charge on any atom is 0.123 e. The normalized spacial score (nSPS) is 16.3. The van der Waals surface area contributed by atoms with Gasteiger partial charge in [0.05, 0.1) is 19.8 Å². The van der Waals surface area contributed by atoms with Crippen LogP contribution in [-0.2, 0) is 11.3 Å². The highest BCUT2D eigenvalue weighted by Gasteiger charge is 2.13. The van der Waals surface area contributed by atoms with Crippen LogP contribution in [0.2, 0.25) is 5.02 Å². The van der Waals surface area contributed by atoms with Gasteiger partial charge in [-0.2, -0.15) is 0 Å². The third kappa shape index (κ3) is 4.97. The molecule has 4 heteroatoms. The van der Waals surface area contributed by atoms with Gasteiger partial charge in [0.1, 0.15) is 5.75 Å². The molecule has 1 saturated carbocycles. The minimum absolute atomic E-state index is 0.478. The molecule has 0 saturated heterocycles. The maximum absolute atomic E-state index is 6.01. The first kappa shape index (κ1) is 15.6. The highest BCUT2D eigenvalue weighted by Crippen LogP contribution is 2.22. The zero-order valence-corrected chi connectivity index (χ0v) is 12.9. The molecular formula is C16H24ClNO2. The summed E-state index contributed by atoms with van der Waals surface area (Å²) in [6.45, 7) is 2.37. The molecule has 1 fully saturated rings. The van der Waals surface area contributed by atoms with Crippen LogP contribution >= 0.6 is 11.6 Å². The predicted octanol–water partition coefficient (Wildman–Crippen LogP) is 3.79. The smallest absolute Gasteiger partial charge is 0.123 e. The Labute approximate surface area is 126 Å². The SMILES string of the molecule is COc1ccc(Cl)cc1CNCCOC1CCCCC1. The van der Waals surface area contributed by atoms with Crippen molar-refractivity contribution >= 4 is 11.6 Å². The first-order chi connectivity index (χ1) is 9.79. The molecule has 1 aliphatic carbocycles. The minimum atomic E-state index is 0.478. The Bertz CT molecular complexity index is 405. The molecule has 20 heavy (non-hydrogen) atoms. The molecule has 1 aromatic carbocycles. The fraction of sp³-hybridized carbons (Fsp3) is 0.625. The second kappa shape index (κ2) is 8.50. The molecule has 3 nitrogen and oxygen atoms in total. The first-order valence-corrected chi connectivity index (χ1v) is 7.82. The van der Waals surface area contributed by atoms with Gasteiger partial charge in [-0.05, 0) is 31.0 Å². The van der Waals surface area contributed by atoms with E-state index in [4.69, 9.17) is 21.1 Å². The summed E-state index contributed by atoms with van der Waals surface area (Å²) in [6.07, 6.45) is 6.93. The van der Waals surface area contributed by atoms with Gasteiger partial charge in [0.2, 0.25) is 0 Å².